The van der Waals surface area contributed by atoms with E-state index in [1.54, 1.807) is 0 Å². The number of hydrogen-bond donors (Lipinski definition) is 2. The van der Waals surface area contributed by atoms with Crippen molar-refractivity contribution in [3.8, 4) is 0 Å². The molecule has 2 aliphatic rings. The Morgan fingerprint density at radius 1 is 1.36 bits per heavy atom. The van der Waals surface area contributed by atoms with Gasteiger partial charge in [0.25, 0.3) is 0 Å². The molecule has 1 atom stereocenters. The first-order valence-electron chi connectivity index (χ1n) is 8.14. The van der Waals surface area contributed by atoms with Gasteiger partial charge in [0.15, 0.2) is 0 Å². The molecule has 1 aromatic rings. The Bertz CT molecular complexity index is 487. The molecule has 5 heteroatoms. The third kappa shape index (κ3) is 3.59. The summed E-state index contributed by atoms with van der Waals surface area (Å²) in [5.41, 5.74) is 2.73. The Morgan fingerprint density at radius 3 is 2.82 bits per heavy atom. The highest BCUT2D eigenvalue weighted by molar-refractivity contribution is 5.74. The highest BCUT2D eigenvalue weighted by Gasteiger charge is 2.27. The van der Waals surface area contributed by atoms with Crippen LogP contribution in [-0.4, -0.2) is 56.4 Å². The molecule has 0 bridgehead atoms. The van der Waals surface area contributed by atoms with Gasteiger partial charge in [0, 0.05) is 32.8 Å². The average Bonchev–Trinajstić information content (AvgIpc) is 2.80. The van der Waals surface area contributed by atoms with Crippen LogP contribution < -0.4 is 10.6 Å². The Labute approximate surface area is 132 Å². The summed E-state index contributed by atoms with van der Waals surface area (Å²) in [5.74, 6) is 0. The van der Waals surface area contributed by atoms with Gasteiger partial charge >= 0.3 is 6.03 Å². The summed E-state index contributed by atoms with van der Waals surface area (Å²) in [6, 6.07) is 8.70. The van der Waals surface area contributed by atoms with Gasteiger partial charge in [0.05, 0.1) is 6.10 Å². The second-order valence-corrected chi connectivity index (χ2v) is 6.18. The zero-order valence-corrected chi connectivity index (χ0v) is 13.2. The summed E-state index contributed by atoms with van der Waals surface area (Å²) < 4.78 is 5.71. The molecular weight excluding hydrogens is 278 g/mol. The molecule has 5 nitrogen and oxygen atoms in total. The smallest absolute Gasteiger partial charge is 0.317 e. The van der Waals surface area contributed by atoms with Crippen LogP contribution in [0.15, 0.2) is 24.3 Å². The van der Waals surface area contributed by atoms with Gasteiger partial charge in [0.1, 0.15) is 0 Å². The summed E-state index contributed by atoms with van der Waals surface area (Å²) in [4.78, 5) is 14.2. The molecule has 1 aliphatic heterocycles. The lowest BCUT2D eigenvalue weighted by atomic mass is 10.1. The zero-order valence-electron chi connectivity index (χ0n) is 13.2. The molecule has 2 N–H and O–H groups in total. The SMILES string of the molecule is CN(C(=O)NCC1CNCCCO1)C1Cc2ccccc2C1. The van der Waals surface area contributed by atoms with E-state index in [0.717, 1.165) is 39.0 Å². The quantitative estimate of drug-likeness (QED) is 0.881. The van der Waals surface area contributed by atoms with Crippen LogP contribution >= 0.6 is 0 Å². The summed E-state index contributed by atoms with van der Waals surface area (Å²) in [6.07, 6.45) is 2.99. The third-order valence-corrected chi connectivity index (χ3v) is 4.60. The van der Waals surface area contributed by atoms with Crippen LogP contribution in [-0.2, 0) is 17.6 Å². The summed E-state index contributed by atoms with van der Waals surface area (Å²) in [6.45, 7) is 3.13. The van der Waals surface area contributed by atoms with Crippen molar-refractivity contribution < 1.29 is 9.53 Å². The van der Waals surface area contributed by atoms with Gasteiger partial charge in [-0.1, -0.05) is 24.3 Å². The molecule has 1 aliphatic carbocycles. The van der Waals surface area contributed by atoms with Crippen molar-refractivity contribution in [3.63, 3.8) is 0 Å². The van der Waals surface area contributed by atoms with Crippen molar-refractivity contribution in [1.29, 1.82) is 0 Å². The molecule has 1 unspecified atom stereocenters. The predicted molar refractivity (Wildman–Crippen MR) is 86.0 cm³/mol. The number of urea groups is 1. The monoisotopic (exact) mass is 303 g/mol. The largest absolute Gasteiger partial charge is 0.375 e. The zero-order chi connectivity index (χ0) is 15.4. The minimum atomic E-state index is -0.00865. The van der Waals surface area contributed by atoms with Crippen LogP contribution in [0.2, 0.25) is 0 Å². The van der Waals surface area contributed by atoms with Crippen molar-refractivity contribution in [1.82, 2.24) is 15.5 Å². The lowest BCUT2D eigenvalue weighted by molar-refractivity contribution is 0.0670. The first-order chi connectivity index (χ1) is 10.7. The minimum absolute atomic E-state index is 0.00865. The minimum Gasteiger partial charge on any atom is -0.375 e. The molecule has 1 fully saturated rings. The molecule has 3 rings (SSSR count). The number of benzene rings is 1. The molecule has 22 heavy (non-hydrogen) atoms. The number of carbonyl (C=O) groups is 1. The first-order valence-corrected chi connectivity index (χ1v) is 8.14. The second kappa shape index (κ2) is 7.11. The second-order valence-electron chi connectivity index (χ2n) is 6.18. The van der Waals surface area contributed by atoms with Gasteiger partial charge in [-0.05, 0) is 36.9 Å². The van der Waals surface area contributed by atoms with Crippen molar-refractivity contribution in [3.05, 3.63) is 35.4 Å². The van der Waals surface area contributed by atoms with E-state index < -0.39 is 0 Å². The van der Waals surface area contributed by atoms with Crippen molar-refractivity contribution >= 4 is 6.03 Å². The lowest BCUT2D eigenvalue weighted by Crippen LogP contribution is -2.47. The number of fused-ring (bicyclic) bond motifs is 1. The number of hydrogen-bond acceptors (Lipinski definition) is 3. The summed E-state index contributed by atoms with van der Waals surface area (Å²) in [5, 5.41) is 6.33. The molecule has 1 heterocycles. The van der Waals surface area contributed by atoms with Crippen LogP contribution in [0.25, 0.3) is 0 Å². The first kappa shape index (κ1) is 15.3. The molecule has 1 saturated heterocycles. The van der Waals surface area contributed by atoms with Crippen LogP contribution in [0.3, 0.4) is 0 Å². The van der Waals surface area contributed by atoms with Gasteiger partial charge in [-0.2, -0.15) is 0 Å². The van der Waals surface area contributed by atoms with Crippen molar-refractivity contribution in [2.24, 2.45) is 0 Å². The van der Waals surface area contributed by atoms with E-state index in [1.807, 2.05) is 11.9 Å². The van der Waals surface area contributed by atoms with E-state index in [-0.39, 0.29) is 18.2 Å². The van der Waals surface area contributed by atoms with E-state index in [0.29, 0.717) is 6.54 Å². The predicted octanol–water partition coefficient (Wildman–Crippen LogP) is 1.17. The highest BCUT2D eigenvalue weighted by atomic mass is 16.5. The Hall–Kier alpha value is -1.59. The fourth-order valence-corrected chi connectivity index (χ4v) is 3.20. The number of ether oxygens (including phenoxy) is 1. The molecular formula is C17H25N3O2. The highest BCUT2D eigenvalue weighted by Crippen LogP contribution is 2.24. The summed E-state index contributed by atoms with van der Waals surface area (Å²) >= 11 is 0. The lowest BCUT2D eigenvalue weighted by Gasteiger charge is -2.26. The average molecular weight is 303 g/mol. The fraction of sp³-hybridized carbons (Fsp3) is 0.588. The Morgan fingerprint density at radius 2 is 2.09 bits per heavy atom. The molecule has 120 valence electrons. The fourth-order valence-electron chi connectivity index (χ4n) is 3.20. The maximum absolute atomic E-state index is 12.3. The van der Waals surface area contributed by atoms with Crippen LogP contribution in [0, 0.1) is 0 Å². The van der Waals surface area contributed by atoms with E-state index in [9.17, 15) is 4.79 Å². The number of nitrogens with one attached hydrogen (secondary N) is 2. The van der Waals surface area contributed by atoms with Gasteiger partial charge in [-0.25, -0.2) is 4.79 Å². The van der Waals surface area contributed by atoms with Crippen LogP contribution in [0.5, 0.6) is 0 Å². The molecule has 0 aromatic heterocycles. The number of nitrogens with zero attached hydrogens (tertiary/aromatic N) is 1. The topological polar surface area (TPSA) is 53.6 Å². The van der Waals surface area contributed by atoms with Gasteiger partial charge < -0.3 is 20.3 Å². The van der Waals surface area contributed by atoms with Crippen LogP contribution in [0.4, 0.5) is 4.79 Å². The van der Waals surface area contributed by atoms with E-state index in [4.69, 9.17) is 4.74 Å². The molecule has 2 amide bonds. The van der Waals surface area contributed by atoms with E-state index >= 15 is 0 Å². The maximum Gasteiger partial charge on any atom is 0.317 e. The molecule has 0 saturated carbocycles. The van der Waals surface area contributed by atoms with Crippen molar-refractivity contribution in [2.45, 2.75) is 31.4 Å². The van der Waals surface area contributed by atoms with Crippen molar-refractivity contribution in [2.75, 3.05) is 33.3 Å². The molecule has 0 radical (unpaired) electrons. The van der Waals surface area contributed by atoms with E-state index in [2.05, 4.69) is 34.9 Å². The standard InChI is InChI=1S/C17H25N3O2/c1-20(15-9-13-5-2-3-6-14(13)10-15)17(21)19-12-16-11-18-7-4-8-22-16/h2-3,5-6,15-16,18H,4,7-12H2,1H3,(H,19,21). The molecule has 0 spiro atoms. The Balaban J connectivity index is 1.48. The number of likely N-dealkylation sites (N-methyl/N-ethyl adjacent to an activating group) is 1. The van der Waals surface area contributed by atoms with Crippen LogP contribution in [0.1, 0.15) is 17.5 Å². The molecule has 1 aromatic carbocycles. The van der Waals surface area contributed by atoms with Gasteiger partial charge in [0.2, 0.25) is 0 Å². The maximum atomic E-state index is 12.3. The third-order valence-electron chi connectivity index (χ3n) is 4.60. The summed E-state index contributed by atoms with van der Waals surface area (Å²) in [7, 11) is 1.89. The van der Waals surface area contributed by atoms with E-state index in [1.165, 1.54) is 11.1 Å². The van der Waals surface area contributed by atoms with Gasteiger partial charge in [-0.15, -0.1) is 0 Å². The van der Waals surface area contributed by atoms with Gasteiger partial charge in [-0.3, -0.25) is 0 Å². The Kier molecular flexibility index (Phi) is 4.95. The number of carbonyl (C=O) groups excluding carboxylic acids is 1. The number of amides is 2. The number of rotatable bonds is 3. The normalized spacial score (nSPS) is 22.0.